The summed E-state index contributed by atoms with van der Waals surface area (Å²) in [7, 11) is 5.76. The molecule has 37 heavy (non-hydrogen) atoms. The number of morpholine rings is 1. The highest BCUT2D eigenvalue weighted by molar-refractivity contribution is 5.95. The van der Waals surface area contributed by atoms with E-state index in [0.717, 1.165) is 55.2 Å². The second-order valence-electron chi connectivity index (χ2n) is 9.25. The number of hydrogen-bond acceptors (Lipinski definition) is 9. The fourth-order valence-corrected chi connectivity index (χ4v) is 4.33. The van der Waals surface area contributed by atoms with Gasteiger partial charge < -0.3 is 29.7 Å². The minimum atomic E-state index is -0.0763. The topological polar surface area (TPSA) is 100 Å². The largest absolute Gasteiger partial charge is 0.378 e. The van der Waals surface area contributed by atoms with Gasteiger partial charge in [-0.3, -0.25) is 4.79 Å². The number of rotatable bonds is 8. The number of hydrogen-bond donors (Lipinski definition) is 2. The third kappa shape index (κ3) is 5.55. The molecule has 0 atom stereocenters. The molecule has 0 saturated carbocycles. The first-order valence-electron chi connectivity index (χ1n) is 12.4. The summed E-state index contributed by atoms with van der Waals surface area (Å²) in [6.45, 7) is 4.59. The van der Waals surface area contributed by atoms with Gasteiger partial charge in [-0.1, -0.05) is 0 Å². The van der Waals surface area contributed by atoms with Crippen LogP contribution in [0.4, 0.5) is 23.1 Å². The lowest BCUT2D eigenvalue weighted by atomic mass is 10.1. The summed E-state index contributed by atoms with van der Waals surface area (Å²) < 4.78 is 7.20. The molecule has 0 unspecified atom stereocenters. The number of nitrogens with one attached hydrogen (secondary N) is 2. The number of aromatic nitrogens is 4. The smallest absolute Gasteiger partial charge is 0.262 e. The first kappa shape index (κ1) is 24.7. The maximum absolute atomic E-state index is 13.6. The van der Waals surface area contributed by atoms with Gasteiger partial charge in [0, 0.05) is 68.8 Å². The van der Waals surface area contributed by atoms with E-state index in [2.05, 4.69) is 42.5 Å². The minimum absolute atomic E-state index is 0.0763. The van der Waals surface area contributed by atoms with E-state index in [9.17, 15) is 4.79 Å². The van der Waals surface area contributed by atoms with Crippen molar-refractivity contribution in [2.24, 2.45) is 0 Å². The van der Waals surface area contributed by atoms with E-state index in [1.807, 2.05) is 44.6 Å². The first-order chi connectivity index (χ1) is 18.0. The molecule has 192 valence electrons. The molecule has 4 aromatic rings. The van der Waals surface area contributed by atoms with Crippen LogP contribution < -0.4 is 21.1 Å². The van der Waals surface area contributed by atoms with Crippen molar-refractivity contribution in [1.29, 1.82) is 0 Å². The van der Waals surface area contributed by atoms with E-state index >= 15 is 0 Å². The van der Waals surface area contributed by atoms with Crippen LogP contribution in [0.3, 0.4) is 0 Å². The molecule has 1 aliphatic rings. The maximum atomic E-state index is 13.6. The lowest BCUT2D eigenvalue weighted by Gasteiger charge is -2.29. The number of pyridine rings is 2. The van der Waals surface area contributed by atoms with Crippen molar-refractivity contribution in [3.63, 3.8) is 0 Å². The highest BCUT2D eigenvalue weighted by Crippen LogP contribution is 2.29. The Balaban J connectivity index is 1.54. The Kier molecular flexibility index (Phi) is 7.29. The van der Waals surface area contributed by atoms with Crippen molar-refractivity contribution in [3.8, 4) is 11.3 Å². The Bertz CT molecular complexity index is 1410. The van der Waals surface area contributed by atoms with Crippen molar-refractivity contribution >= 4 is 33.9 Å². The van der Waals surface area contributed by atoms with E-state index in [1.165, 1.54) is 0 Å². The van der Waals surface area contributed by atoms with Gasteiger partial charge in [-0.05, 0) is 55.9 Å². The van der Waals surface area contributed by atoms with Crippen LogP contribution in [0.15, 0.2) is 59.8 Å². The van der Waals surface area contributed by atoms with Crippen molar-refractivity contribution in [2.45, 2.75) is 6.54 Å². The molecule has 1 saturated heterocycles. The zero-order chi connectivity index (χ0) is 25.8. The van der Waals surface area contributed by atoms with Crippen LogP contribution in [-0.4, -0.2) is 78.4 Å². The molecule has 0 radical (unpaired) electrons. The van der Waals surface area contributed by atoms with Crippen molar-refractivity contribution in [3.05, 3.63) is 65.3 Å². The molecular weight excluding hydrogens is 468 g/mol. The van der Waals surface area contributed by atoms with Gasteiger partial charge in [0.2, 0.25) is 5.95 Å². The molecule has 0 spiro atoms. The molecule has 3 aromatic heterocycles. The van der Waals surface area contributed by atoms with Crippen LogP contribution in [0.25, 0.3) is 22.0 Å². The summed E-state index contributed by atoms with van der Waals surface area (Å²) >= 11 is 0. The molecular formula is C27H32N8O2. The molecule has 0 bridgehead atoms. The Morgan fingerprint density at radius 1 is 1.05 bits per heavy atom. The average molecular weight is 501 g/mol. The monoisotopic (exact) mass is 500 g/mol. The predicted molar refractivity (Wildman–Crippen MR) is 148 cm³/mol. The number of fused-ring (bicyclic) bond motifs is 1. The van der Waals surface area contributed by atoms with Crippen molar-refractivity contribution in [1.82, 2.24) is 24.4 Å². The second-order valence-corrected chi connectivity index (χ2v) is 9.25. The van der Waals surface area contributed by atoms with Crippen LogP contribution in [0, 0.1) is 0 Å². The lowest BCUT2D eigenvalue weighted by molar-refractivity contribution is 0.122. The summed E-state index contributed by atoms with van der Waals surface area (Å²) in [6, 6.07) is 12.1. The molecule has 1 aromatic carbocycles. The number of ether oxygens (including phenoxy) is 1. The maximum Gasteiger partial charge on any atom is 0.262 e. The van der Waals surface area contributed by atoms with Crippen LogP contribution in [-0.2, 0) is 11.3 Å². The van der Waals surface area contributed by atoms with Gasteiger partial charge in [0.25, 0.3) is 5.56 Å². The van der Waals surface area contributed by atoms with Gasteiger partial charge in [-0.15, -0.1) is 0 Å². The van der Waals surface area contributed by atoms with E-state index in [-0.39, 0.29) is 5.56 Å². The quantitative estimate of drug-likeness (QED) is 0.378. The van der Waals surface area contributed by atoms with Gasteiger partial charge in [-0.2, -0.15) is 0 Å². The van der Waals surface area contributed by atoms with E-state index in [4.69, 9.17) is 9.72 Å². The summed E-state index contributed by atoms with van der Waals surface area (Å²) in [5.74, 6) is 1.04. The molecule has 1 aliphatic heterocycles. The molecule has 0 amide bonds. The Morgan fingerprint density at radius 3 is 2.46 bits per heavy atom. The van der Waals surface area contributed by atoms with E-state index < -0.39 is 0 Å². The minimum Gasteiger partial charge on any atom is -0.378 e. The number of nitrogens with zero attached hydrogens (tertiary/aromatic N) is 6. The molecule has 10 heteroatoms. The van der Waals surface area contributed by atoms with Crippen LogP contribution in [0.2, 0.25) is 0 Å². The van der Waals surface area contributed by atoms with Crippen LogP contribution in [0.1, 0.15) is 0 Å². The molecule has 5 rings (SSSR count). The van der Waals surface area contributed by atoms with Crippen molar-refractivity contribution < 1.29 is 4.74 Å². The van der Waals surface area contributed by atoms with E-state index in [1.54, 1.807) is 24.0 Å². The van der Waals surface area contributed by atoms with Gasteiger partial charge >= 0.3 is 0 Å². The van der Waals surface area contributed by atoms with Gasteiger partial charge in [-0.25, -0.2) is 15.0 Å². The Labute approximate surface area is 215 Å². The lowest BCUT2D eigenvalue weighted by Crippen LogP contribution is -2.36. The Morgan fingerprint density at radius 2 is 1.78 bits per heavy atom. The van der Waals surface area contributed by atoms with Gasteiger partial charge in [0.1, 0.15) is 5.82 Å². The average Bonchev–Trinajstić information content (AvgIpc) is 2.93. The summed E-state index contributed by atoms with van der Waals surface area (Å²) in [5, 5.41) is 7.70. The predicted octanol–water partition coefficient (Wildman–Crippen LogP) is 3.04. The number of anilines is 4. The van der Waals surface area contributed by atoms with Crippen molar-refractivity contribution in [2.75, 3.05) is 69.5 Å². The third-order valence-corrected chi connectivity index (χ3v) is 6.42. The summed E-state index contributed by atoms with van der Waals surface area (Å²) in [4.78, 5) is 31.4. The standard InChI is InChI=1S/C27H32N8O2/c1-28-27-29-17-20(18-30-27)23-16-19-8-9-35(11-10-33(2)3)26(36)24(19)25(32-23)31-21-4-6-22(7-5-21)34-12-14-37-15-13-34/h4-9,16-18H,10-15H2,1-3H3,(H,31,32)(H,28,29,30). The number of benzene rings is 1. The molecule has 2 N–H and O–H groups in total. The number of likely N-dealkylation sites (N-methyl/N-ethyl adjacent to an activating group) is 1. The fraction of sp³-hybridized carbons (Fsp3) is 0.333. The summed E-state index contributed by atoms with van der Waals surface area (Å²) in [5.41, 5.74) is 3.38. The zero-order valence-corrected chi connectivity index (χ0v) is 21.4. The van der Waals surface area contributed by atoms with E-state index in [0.29, 0.717) is 29.4 Å². The van der Waals surface area contributed by atoms with Gasteiger partial charge in [0.05, 0.1) is 24.3 Å². The molecule has 0 aliphatic carbocycles. The Hall–Kier alpha value is -4.02. The third-order valence-electron chi connectivity index (χ3n) is 6.42. The van der Waals surface area contributed by atoms with Crippen LogP contribution >= 0.6 is 0 Å². The first-order valence-corrected chi connectivity index (χ1v) is 12.4. The normalized spacial score (nSPS) is 13.8. The zero-order valence-electron chi connectivity index (χ0n) is 21.4. The molecule has 4 heterocycles. The SMILES string of the molecule is CNc1ncc(-c2cc3ccn(CCN(C)C)c(=O)c3c(Nc3ccc(N4CCOCC4)cc3)n2)cn1. The van der Waals surface area contributed by atoms with Crippen LogP contribution in [0.5, 0.6) is 0 Å². The highest BCUT2D eigenvalue weighted by atomic mass is 16.5. The second kappa shape index (κ2) is 10.9. The molecule has 1 fully saturated rings. The van der Waals surface area contributed by atoms with Gasteiger partial charge in [0.15, 0.2) is 0 Å². The fourth-order valence-electron chi connectivity index (χ4n) is 4.33. The molecule has 10 nitrogen and oxygen atoms in total. The summed E-state index contributed by atoms with van der Waals surface area (Å²) in [6.07, 6.45) is 5.30. The highest BCUT2D eigenvalue weighted by Gasteiger charge is 2.15.